The molecule has 0 radical (unpaired) electrons. The van der Waals surface area contributed by atoms with Crippen molar-refractivity contribution in [3.05, 3.63) is 69.2 Å². The molecule has 1 nitrogen and oxygen atoms in total. The minimum Gasteiger partial charge on any atom is -0.324 e. The molecule has 2 rings (SSSR count). The second-order valence-electron chi connectivity index (χ2n) is 4.57. The molecule has 0 aromatic heterocycles. The van der Waals surface area contributed by atoms with Crippen LogP contribution in [0, 0.1) is 18.6 Å². The molecule has 0 amide bonds. The van der Waals surface area contributed by atoms with E-state index >= 15 is 0 Å². The van der Waals surface area contributed by atoms with Crippen molar-refractivity contribution >= 4 is 15.9 Å². The van der Waals surface area contributed by atoms with Crippen LogP contribution in [0.5, 0.6) is 0 Å². The quantitative estimate of drug-likeness (QED) is 0.895. The van der Waals surface area contributed by atoms with E-state index in [-0.39, 0.29) is 6.04 Å². The first-order valence-electron chi connectivity index (χ1n) is 5.93. The Hall–Kier alpha value is -1.26. The summed E-state index contributed by atoms with van der Waals surface area (Å²) in [5.74, 6) is -1.13. The summed E-state index contributed by atoms with van der Waals surface area (Å²) in [5, 5.41) is 0. The highest BCUT2D eigenvalue weighted by molar-refractivity contribution is 9.10. The van der Waals surface area contributed by atoms with Gasteiger partial charge in [0.2, 0.25) is 0 Å². The fraction of sp³-hybridized carbons (Fsp3) is 0.200. The number of hydrogen-bond donors (Lipinski definition) is 1. The lowest BCUT2D eigenvalue weighted by atomic mass is 9.98. The van der Waals surface area contributed by atoms with E-state index in [1.807, 2.05) is 25.1 Å². The van der Waals surface area contributed by atoms with E-state index in [1.165, 1.54) is 12.1 Å². The first-order chi connectivity index (χ1) is 8.97. The van der Waals surface area contributed by atoms with E-state index in [0.717, 1.165) is 21.7 Å². The maximum atomic E-state index is 13.6. The molecule has 2 N–H and O–H groups in total. The second kappa shape index (κ2) is 5.80. The zero-order valence-electron chi connectivity index (χ0n) is 10.5. The molecule has 2 aromatic carbocycles. The molecule has 4 heteroatoms. The fourth-order valence-electron chi connectivity index (χ4n) is 1.98. The van der Waals surface area contributed by atoms with Crippen molar-refractivity contribution in [2.24, 2.45) is 5.73 Å². The van der Waals surface area contributed by atoms with Gasteiger partial charge < -0.3 is 5.73 Å². The van der Waals surface area contributed by atoms with Crippen molar-refractivity contribution in [1.82, 2.24) is 0 Å². The number of nitrogens with two attached hydrogens (primary N) is 1. The van der Waals surface area contributed by atoms with E-state index in [1.54, 1.807) is 0 Å². The summed E-state index contributed by atoms with van der Waals surface area (Å²) in [6, 6.07) is 9.09. The molecule has 19 heavy (non-hydrogen) atoms. The fourth-order valence-corrected chi connectivity index (χ4v) is 2.52. The Morgan fingerprint density at radius 1 is 1.16 bits per heavy atom. The van der Waals surface area contributed by atoms with Gasteiger partial charge in [-0.1, -0.05) is 39.7 Å². The third kappa shape index (κ3) is 3.39. The van der Waals surface area contributed by atoms with Gasteiger partial charge >= 0.3 is 0 Å². The van der Waals surface area contributed by atoms with Gasteiger partial charge in [-0.15, -0.1) is 0 Å². The highest BCUT2D eigenvalue weighted by Crippen LogP contribution is 2.26. The minimum absolute atomic E-state index is 0.328. The zero-order chi connectivity index (χ0) is 14.0. The van der Waals surface area contributed by atoms with Gasteiger partial charge in [0.25, 0.3) is 0 Å². The Bertz CT molecular complexity index is 599. The van der Waals surface area contributed by atoms with Crippen LogP contribution in [0.15, 0.2) is 40.9 Å². The van der Waals surface area contributed by atoms with Crippen LogP contribution < -0.4 is 5.73 Å². The summed E-state index contributed by atoms with van der Waals surface area (Å²) in [7, 11) is 0. The van der Waals surface area contributed by atoms with Gasteiger partial charge in [0.1, 0.15) is 11.6 Å². The normalized spacial score (nSPS) is 12.5. The van der Waals surface area contributed by atoms with Crippen LogP contribution in [0.4, 0.5) is 8.78 Å². The van der Waals surface area contributed by atoms with Gasteiger partial charge in [-0.3, -0.25) is 0 Å². The monoisotopic (exact) mass is 325 g/mol. The van der Waals surface area contributed by atoms with Crippen molar-refractivity contribution in [3.63, 3.8) is 0 Å². The Labute approximate surface area is 119 Å². The van der Waals surface area contributed by atoms with Crippen molar-refractivity contribution in [2.75, 3.05) is 0 Å². The lowest BCUT2D eigenvalue weighted by Crippen LogP contribution is -2.15. The number of benzene rings is 2. The van der Waals surface area contributed by atoms with Gasteiger partial charge in [0.05, 0.1) is 0 Å². The molecular weight excluding hydrogens is 312 g/mol. The van der Waals surface area contributed by atoms with Crippen LogP contribution in [-0.4, -0.2) is 0 Å². The maximum Gasteiger partial charge on any atom is 0.129 e. The second-order valence-corrected chi connectivity index (χ2v) is 5.43. The van der Waals surface area contributed by atoms with E-state index < -0.39 is 11.6 Å². The number of hydrogen-bond acceptors (Lipinski definition) is 1. The molecule has 0 aliphatic rings. The first kappa shape index (κ1) is 14.2. The summed E-state index contributed by atoms with van der Waals surface area (Å²) in [5.41, 5.74) is 8.54. The summed E-state index contributed by atoms with van der Waals surface area (Å²) in [6.07, 6.45) is 0.328. The highest BCUT2D eigenvalue weighted by atomic mass is 79.9. The standard InChI is InChI=1S/C15H14BrF2N/c1-9-2-5-13(16)12(6-9)15(19)7-10-3-4-11(17)8-14(10)18/h2-6,8,15H,7,19H2,1H3. The van der Waals surface area contributed by atoms with Gasteiger partial charge in [0.15, 0.2) is 0 Å². The molecule has 0 aliphatic carbocycles. The SMILES string of the molecule is Cc1ccc(Br)c(C(N)Cc2ccc(F)cc2F)c1. The largest absolute Gasteiger partial charge is 0.324 e. The van der Waals surface area contributed by atoms with Crippen molar-refractivity contribution in [3.8, 4) is 0 Å². The molecule has 1 unspecified atom stereocenters. The predicted molar refractivity (Wildman–Crippen MR) is 75.9 cm³/mol. The molecule has 0 saturated heterocycles. The highest BCUT2D eigenvalue weighted by Gasteiger charge is 2.13. The summed E-state index contributed by atoms with van der Waals surface area (Å²) in [6.45, 7) is 1.97. The average molecular weight is 326 g/mol. The molecule has 0 fully saturated rings. The van der Waals surface area contributed by atoms with Crippen LogP contribution in [0.3, 0.4) is 0 Å². The lowest BCUT2D eigenvalue weighted by molar-refractivity contribution is 0.563. The van der Waals surface area contributed by atoms with Crippen LogP contribution in [-0.2, 0) is 6.42 Å². The van der Waals surface area contributed by atoms with Crippen LogP contribution in [0.25, 0.3) is 0 Å². The molecule has 0 bridgehead atoms. The Balaban J connectivity index is 2.25. The molecular formula is C15H14BrF2N. The third-order valence-corrected chi connectivity index (χ3v) is 3.73. The summed E-state index contributed by atoms with van der Waals surface area (Å²) >= 11 is 3.44. The van der Waals surface area contributed by atoms with E-state index in [0.29, 0.717) is 12.0 Å². The summed E-state index contributed by atoms with van der Waals surface area (Å²) < 4.78 is 27.3. The van der Waals surface area contributed by atoms with Gasteiger partial charge in [0, 0.05) is 16.6 Å². The summed E-state index contributed by atoms with van der Waals surface area (Å²) in [4.78, 5) is 0. The van der Waals surface area contributed by atoms with Gasteiger partial charge in [-0.05, 0) is 36.6 Å². The van der Waals surface area contributed by atoms with Gasteiger partial charge in [-0.2, -0.15) is 0 Å². The van der Waals surface area contributed by atoms with Crippen molar-refractivity contribution < 1.29 is 8.78 Å². The van der Waals surface area contributed by atoms with Crippen molar-refractivity contribution in [1.29, 1.82) is 0 Å². The van der Waals surface area contributed by atoms with Crippen LogP contribution in [0.1, 0.15) is 22.7 Å². The number of aryl methyl sites for hydroxylation is 1. The van der Waals surface area contributed by atoms with E-state index in [2.05, 4.69) is 15.9 Å². The van der Waals surface area contributed by atoms with Gasteiger partial charge in [-0.25, -0.2) is 8.78 Å². The van der Waals surface area contributed by atoms with Crippen LogP contribution in [0.2, 0.25) is 0 Å². The topological polar surface area (TPSA) is 26.0 Å². The average Bonchev–Trinajstić information content (AvgIpc) is 2.35. The molecule has 1 atom stereocenters. The number of halogens is 3. The van der Waals surface area contributed by atoms with Crippen LogP contribution >= 0.6 is 15.9 Å². The molecule has 0 aliphatic heterocycles. The minimum atomic E-state index is -0.577. The van der Waals surface area contributed by atoms with E-state index in [4.69, 9.17) is 5.73 Å². The molecule has 2 aromatic rings. The maximum absolute atomic E-state index is 13.6. The number of rotatable bonds is 3. The molecule has 0 saturated carbocycles. The molecule has 100 valence electrons. The molecule has 0 heterocycles. The lowest BCUT2D eigenvalue weighted by Gasteiger charge is -2.15. The third-order valence-electron chi connectivity index (χ3n) is 3.01. The Kier molecular flexibility index (Phi) is 4.32. The van der Waals surface area contributed by atoms with Crippen molar-refractivity contribution in [2.45, 2.75) is 19.4 Å². The predicted octanol–water partition coefficient (Wildman–Crippen LogP) is 4.28. The Morgan fingerprint density at radius 2 is 1.89 bits per heavy atom. The first-order valence-corrected chi connectivity index (χ1v) is 6.72. The molecule has 0 spiro atoms. The zero-order valence-corrected chi connectivity index (χ0v) is 12.0. The smallest absolute Gasteiger partial charge is 0.129 e. The Morgan fingerprint density at radius 3 is 2.58 bits per heavy atom. The van der Waals surface area contributed by atoms with E-state index in [9.17, 15) is 8.78 Å².